The molecule has 1 aliphatic rings. The van der Waals surface area contributed by atoms with Crippen molar-refractivity contribution >= 4 is 29.6 Å². The third-order valence-corrected chi connectivity index (χ3v) is 6.39. The van der Waals surface area contributed by atoms with Crippen LogP contribution in [-0.2, 0) is 15.7 Å². The Kier molecular flexibility index (Phi) is 2.40. The van der Waals surface area contributed by atoms with Crippen LogP contribution in [0.5, 0.6) is 0 Å². The van der Waals surface area contributed by atoms with Gasteiger partial charge < -0.3 is 9.12 Å². The molecule has 0 unspecified atom stereocenters. The van der Waals surface area contributed by atoms with Crippen molar-refractivity contribution < 1.29 is 9.12 Å². The monoisotopic (exact) mass is 248 g/mol. The summed E-state index contributed by atoms with van der Waals surface area (Å²) in [5.41, 5.74) is 0. The highest BCUT2D eigenvalue weighted by molar-refractivity contribution is 7.93. The molecule has 16 heavy (non-hydrogen) atoms. The van der Waals surface area contributed by atoms with E-state index in [4.69, 9.17) is 0 Å². The van der Waals surface area contributed by atoms with Crippen LogP contribution in [0.4, 0.5) is 0 Å². The van der Waals surface area contributed by atoms with Crippen LogP contribution in [0.1, 0.15) is 0 Å². The van der Waals surface area contributed by atoms with Gasteiger partial charge in [-0.1, -0.05) is 24.3 Å². The maximum atomic E-state index is 12.3. The Labute approximate surface area is 97.3 Å². The Morgan fingerprint density at radius 2 is 1.31 bits per heavy atom. The Hall–Kier alpha value is -1.02. The smallest absolute Gasteiger partial charge is 0.169 e. The van der Waals surface area contributed by atoms with Gasteiger partial charge in [0, 0.05) is 11.2 Å². The summed E-state index contributed by atoms with van der Waals surface area (Å²) in [7, 11) is -1.98. The van der Waals surface area contributed by atoms with E-state index >= 15 is 0 Å². The molecule has 0 aromatic heterocycles. The summed E-state index contributed by atoms with van der Waals surface area (Å²) in [4.78, 5) is 1.40. The van der Waals surface area contributed by atoms with Gasteiger partial charge in [0.15, 0.2) is 9.79 Å². The van der Waals surface area contributed by atoms with Crippen LogP contribution in [-0.4, -0.2) is 4.55 Å². The number of hydrogen-bond donors (Lipinski definition) is 0. The van der Waals surface area contributed by atoms with Gasteiger partial charge in [-0.3, -0.25) is 0 Å². The maximum Gasteiger partial charge on any atom is 0.169 e. The maximum absolute atomic E-state index is 12.3. The zero-order valence-corrected chi connectivity index (χ0v) is 10.2. The second-order valence-electron chi connectivity index (χ2n) is 3.59. The van der Waals surface area contributed by atoms with Crippen molar-refractivity contribution in [2.75, 3.05) is 0 Å². The van der Waals surface area contributed by atoms with Gasteiger partial charge in [0.2, 0.25) is 0 Å². The first-order valence-electron chi connectivity index (χ1n) is 4.93. The van der Waals surface area contributed by atoms with E-state index in [0.29, 0.717) is 9.79 Å². The van der Waals surface area contributed by atoms with Gasteiger partial charge in [-0.15, -0.1) is 0 Å². The molecule has 0 bridgehead atoms. The van der Waals surface area contributed by atoms with Crippen LogP contribution in [0, 0.1) is 0 Å². The average Bonchev–Trinajstić information content (AvgIpc) is 2.36. The van der Waals surface area contributed by atoms with Gasteiger partial charge in [-0.05, 0) is 24.3 Å². The molecule has 0 radical (unpaired) electrons. The lowest BCUT2D eigenvalue weighted by Crippen LogP contribution is -2.26. The normalized spacial score (nSPS) is 22.3. The molecule has 0 saturated carbocycles. The van der Waals surface area contributed by atoms with Gasteiger partial charge in [0.25, 0.3) is 0 Å². The molecule has 2 aromatic rings. The molecule has 2 aromatic carbocycles. The number of benzene rings is 2. The van der Waals surface area contributed by atoms with Crippen molar-refractivity contribution in [1.82, 2.24) is 0 Å². The minimum atomic E-state index is -1.98. The summed E-state index contributed by atoms with van der Waals surface area (Å²) in [5.74, 6) is 0. The lowest BCUT2D eigenvalue weighted by atomic mass is 10.3. The predicted molar refractivity (Wildman–Crippen MR) is 65.8 cm³/mol. The fourth-order valence-corrected chi connectivity index (χ4v) is 5.58. The van der Waals surface area contributed by atoms with E-state index in [9.17, 15) is 9.12 Å². The van der Waals surface area contributed by atoms with Crippen molar-refractivity contribution in [3.63, 3.8) is 0 Å². The Morgan fingerprint density at radius 3 is 1.81 bits per heavy atom. The van der Waals surface area contributed by atoms with Crippen molar-refractivity contribution in [3.8, 4) is 0 Å². The highest BCUT2D eigenvalue weighted by atomic mass is 32.2. The molecule has 1 aliphatic heterocycles. The Bertz CT molecular complexity index is 533. The molecule has 0 N–H and O–H groups in total. The fraction of sp³-hybridized carbons (Fsp3) is 0. The van der Waals surface area contributed by atoms with Crippen molar-refractivity contribution in [3.05, 3.63) is 48.5 Å². The van der Waals surface area contributed by atoms with Crippen LogP contribution in [0.3, 0.4) is 0 Å². The summed E-state index contributed by atoms with van der Waals surface area (Å²) in [6.07, 6.45) is 0. The van der Waals surface area contributed by atoms with Gasteiger partial charge in [0.1, 0.15) is 7.80 Å². The zero-order valence-electron chi connectivity index (χ0n) is 8.34. The SMILES string of the molecule is O=[PH]1c2ccccc2[S+]([O-])c2ccccc21. The van der Waals surface area contributed by atoms with Crippen molar-refractivity contribution in [2.45, 2.75) is 9.79 Å². The van der Waals surface area contributed by atoms with E-state index in [2.05, 4.69) is 0 Å². The quantitative estimate of drug-likeness (QED) is 0.525. The second-order valence-corrected chi connectivity index (χ2v) is 6.74. The molecule has 3 rings (SSSR count). The molecule has 80 valence electrons. The standard InChI is InChI=1S/C12H9O2PS/c13-15-9-5-1-3-7-11(9)16(14)12-8-4-2-6-10(12)15/h1-8,15H. The third-order valence-electron chi connectivity index (χ3n) is 2.66. The lowest BCUT2D eigenvalue weighted by molar-refractivity contribution is 0.589. The van der Waals surface area contributed by atoms with Crippen LogP contribution in [0.2, 0.25) is 0 Å². The summed E-state index contributed by atoms with van der Waals surface area (Å²) in [5, 5.41) is 1.48. The van der Waals surface area contributed by atoms with Crippen LogP contribution in [0.25, 0.3) is 0 Å². The molecule has 0 fully saturated rings. The average molecular weight is 248 g/mol. The number of rotatable bonds is 0. The molecule has 1 heterocycles. The van der Waals surface area contributed by atoms with E-state index in [1.807, 2.05) is 36.4 Å². The predicted octanol–water partition coefficient (Wildman–Crippen LogP) is 1.68. The van der Waals surface area contributed by atoms with E-state index < -0.39 is 19.0 Å². The number of fused-ring (bicyclic) bond motifs is 2. The molecule has 4 heteroatoms. The van der Waals surface area contributed by atoms with E-state index in [0.717, 1.165) is 10.6 Å². The zero-order chi connectivity index (χ0) is 11.1. The van der Waals surface area contributed by atoms with Crippen LogP contribution in [0.15, 0.2) is 58.3 Å². The molecule has 0 aliphatic carbocycles. The van der Waals surface area contributed by atoms with E-state index in [-0.39, 0.29) is 0 Å². The molecular formula is C12H9O2PS. The first-order chi connectivity index (χ1) is 7.79. The molecular weight excluding hydrogens is 239 g/mol. The largest absolute Gasteiger partial charge is 0.606 e. The first-order valence-corrected chi connectivity index (χ1v) is 7.49. The molecule has 0 amide bonds. The summed E-state index contributed by atoms with van der Waals surface area (Å²) in [6, 6.07) is 14.6. The summed E-state index contributed by atoms with van der Waals surface area (Å²) >= 11 is -1.19. The lowest BCUT2D eigenvalue weighted by Gasteiger charge is -2.20. The molecule has 0 atom stereocenters. The van der Waals surface area contributed by atoms with Crippen molar-refractivity contribution in [2.24, 2.45) is 0 Å². The second kappa shape index (κ2) is 3.77. The minimum Gasteiger partial charge on any atom is -0.606 e. The van der Waals surface area contributed by atoms with Gasteiger partial charge in [-0.25, -0.2) is 0 Å². The topological polar surface area (TPSA) is 40.1 Å². The number of hydrogen-bond acceptors (Lipinski definition) is 2. The van der Waals surface area contributed by atoms with Crippen LogP contribution >= 0.6 is 7.80 Å². The first kappa shape index (κ1) is 10.2. The van der Waals surface area contributed by atoms with Gasteiger partial charge in [0.05, 0.1) is 10.6 Å². The van der Waals surface area contributed by atoms with Gasteiger partial charge >= 0.3 is 0 Å². The molecule has 0 spiro atoms. The highest BCUT2D eigenvalue weighted by Gasteiger charge is 2.32. The fourth-order valence-electron chi connectivity index (χ4n) is 1.90. The Morgan fingerprint density at radius 1 is 0.875 bits per heavy atom. The van der Waals surface area contributed by atoms with Crippen LogP contribution < -0.4 is 10.6 Å². The molecule has 2 nitrogen and oxygen atoms in total. The Balaban J connectivity index is 2.30. The third kappa shape index (κ3) is 1.36. The van der Waals surface area contributed by atoms with E-state index in [1.54, 1.807) is 12.1 Å². The summed E-state index contributed by atoms with van der Waals surface area (Å²) in [6.45, 7) is 0. The van der Waals surface area contributed by atoms with Gasteiger partial charge in [-0.2, -0.15) is 0 Å². The minimum absolute atomic E-state index is 0.699. The van der Waals surface area contributed by atoms with Crippen molar-refractivity contribution in [1.29, 1.82) is 0 Å². The summed E-state index contributed by atoms with van der Waals surface area (Å²) < 4.78 is 24.5. The highest BCUT2D eigenvalue weighted by Crippen LogP contribution is 2.34. The molecule has 0 saturated heterocycles. The van der Waals surface area contributed by atoms with E-state index in [1.165, 1.54) is 0 Å².